The third kappa shape index (κ3) is 3.65. The van der Waals surface area contributed by atoms with E-state index in [2.05, 4.69) is 9.72 Å². The van der Waals surface area contributed by atoms with E-state index in [9.17, 15) is 31.5 Å². The van der Waals surface area contributed by atoms with Gasteiger partial charge in [0.25, 0.3) is 5.91 Å². The Labute approximate surface area is 136 Å². The summed E-state index contributed by atoms with van der Waals surface area (Å²) in [4.78, 5) is 27.1. The van der Waals surface area contributed by atoms with Crippen LogP contribution in [0.1, 0.15) is 10.4 Å². The Balaban J connectivity index is 1.92. The summed E-state index contributed by atoms with van der Waals surface area (Å²) >= 11 is 0. The summed E-state index contributed by atoms with van der Waals surface area (Å²) in [6, 6.07) is 3.53. The van der Waals surface area contributed by atoms with Gasteiger partial charge < -0.3 is 14.6 Å². The van der Waals surface area contributed by atoms with Crippen molar-refractivity contribution in [2.45, 2.75) is 18.8 Å². The van der Waals surface area contributed by atoms with Crippen molar-refractivity contribution in [3.63, 3.8) is 0 Å². The van der Waals surface area contributed by atoms with Crippen LogP contribution in [0.15, 0.2) is 23.0 Å². The fourth-order valence-corrected chi connectivity index (χ4v) is 2.64. The van der Waals surface area contributed by atoms with E-state index >= 15 is 0 Å². The molecule has 1 saturated heterocycles. The molecular formula is C14H12F5N3O3. The minimum atomic E-state index is -4.59. The van der Waals surface area contributed by atoms with E-state index < -0.39 is 37.0 Å². The van der Waals surface area contributed by atoms with Crippen molar-refractivity contribution in [3.05, 3.63) is 34.2 Å². The van der Waals surface area contributed by atoms with Crippen LogP contribution in [-0.2, 0) is 11.3 Å². The first-order valence-corrected chi connectivity index (χ1v) is 7.16. The fraction of sp³-hybridized carbons (Fsp3) is 0.429. The number of aromatic nitrogens is 2. The summed E-state index contributed by atoms with van der Waals surface area (Å²) in [5.41, 5.74) is -1.02. The molecule has 1 N–H and O–H groups in total. The average Bonchev–Trinajstić information content (AvgIpc) is 2.79. The summed E-state index contributed by atoms with van der Waals surface area (Å²) in [6.07, 6.45) is -8.05. The van der Waals surface area contributed by atoms with Crippen LogP contribution in [0.5, 0.6) is 0 Å². The quantitative estimate of drug-likeness (QED) is 0.828. The zero-order valence-electron chi connectivity index (χ0n) is 12.6. The second-order valence-electron chi connectivity index (χ2n) is 5.58. The second kappa shape index (κ2) is 5.83. The molecule has 25 heavy (non-hydrogen) atoms. The number of benzene rings is 1. The van der Waals surface area contributed by atoms with Crippen LogP contribution in [-0.4, -0.2) is 52.3 Å². The molecule has 0 atom stereocenters. The van der Waals surface area contributed by atoms with Gasteiger partial charge >= 0.3 is 18.0 Å². The first-order valence-electron chi connectivity index (χ1n) is 7.16. The Morgan fingerprint density at radius 1 is 1.32 bits per heavy atom. The van der Waals surface area contributed by atoms with Gasteiger partial charge in [0.2, 0.25) is 0 Å². The number of alkyl halides is 5. The van der Waals surface area contributed by atoms with Crippen molar-refractivity contribution in [1.29, 1.82) is 0 Å². The van der Waals surface area contributed by atoms with Crippen LogP contribution in [0.3, 0.4) is 0 Å². The molecule has 1 aromatic heterocycles. The topological polar surface area (TPSA) is 67.3 Å². The molecule has 0 radical (unpaired) electrons. The number of ether oxygens (including phenoxy) is 1. The smallest absolute Gasteiger partial charge is 0.328 e. The minimum absolute atomic E-state index is 0.0140. The SMILES string of the molecule is O=C(c1ccc2c(c1)[nH]c(=O)n2CC(F)(F)F)N1CCOC(F)(F)C1. The Hall–Kier alpha value is -2.43. The van der Waals surface area contributed by atoms with Gasteiger partial charge in [-0.2, -0.15) is 22.0 Å². The molecule has 1 aromatic carbocycles. The minimum Gasteiger partial charge on any atom is -0.328 e. The number of imidazole rings is 1. The van der Waals surface area contributed by atoms with Crippen LogP contribution in [0.25, 0.3) is 11.0 Å². The molecule has 11 heteroatoms. The lowest BCUT2D eigenvalue weighted by Gasteiger charge is -2.32. The maximum absolute atomic E-state index is 13.2. The number of hydrogen-bond donors (Lipinski definition) is 1. The molecule has 3 rings (SSSR count). The molecule has 2 aromatic rings. The lowest BCUT2D eigenvalue weighted by Crippen LogP contribution is -2.49. The maximum atomic E-state index is 13.2. The zero-order valence-corrected chi connectivity index (χ0v) is 12.6. The van der Waals surface area contributed by atoms with Crippen molar-refractivity contribution in [3.8, 4) is 0 Å². The highest BCUT2D eigenvalue weighted by atomic mass is 19.4. The van der Waals surface area contributed by atoms with Crippen LogP contribution in [0, 0.1) is 0 Å². The number of fused-ring (bicyclic) bond motifs is 1. The van der Waals surface area contributed by atoms with E-state index in [1.54, 1.807) is 0 Å². The molecule has 0 saturated carbocycles. The number of carbonyl (C=O) groups is 1. The van der Waals surface area contributed by atoms with Gasteiger partial charge in [-0.1, -0.05) is 0 Å². The van der Waals surface area contributed by atoms with Crippen LogP contribution < -0.4 is 5.69 Å². The monoisotopic (exact) mass is 365 g/mol. The molecule has 2 heterocycles. The number of morpholine rings is 1. The maximum Gasteiger partial charge on any atom is 0.406 e. The van der Waals surface area contributed by atoms with Crippen molar-refractivity contribution in [1.82, 2.24) is 14.5 Å². The van der Waals surface area contributed by atoms with Crippen LogP contribution >= 0.6 is 0 Å². The van der Waals surface area contributed by atoms with Gasteiger partial charge in [-0.15, -0.1) is 0 Å². The van der Waals surface area contributed by atoms with Crippen LogP contribution in [0.2, 0.25) is 0 Å². The van der Waals surface area contributed by atoms with Gasteiger partial charge in [-0.25, -0.2) is 4.79 Å². The number of halogens is 5. The number of rotatable bonds is 2. The molecule has 136 valence electrons. The Kier molecular flexibility index (Phi) is 4.06. The lowest BCUT2D eigenvalue weighted by molar-refractivity contribution is -0.263. The summed E-state index contributed by atoms with van der Waals surface area (Å²) < 4.78 is 68.8. The predicted molar refractivity (Wildman–Crippen MR) is 75.4 cm³/mol. The molecule has 0 spiro atoms. The number of amides is 1. The van der Waals surface area contributed by atoms with Crippen molar-refractivity contribution < 1.29 is 31.5 Å². The molecule has 1 fully saturated rings. The Morgan fingerprint density at radius 3 is 2.68 bits per heavy atom. The zero-order chi connectivity index (χ0) is 18.4. The van der Waals surface area contributed by atoms with Gasteiger partial charge in [0.1, 0.15) is 13.1 Å². The summed E-state index contributed by atoms with van der Waals surface area (Å²) in [6.45, 7) is -2.78. The normalized spacial score (nSPS) is 17.9. The lowest BCUT2D eigenvalue weighted by atomic mass is 10.1. The van der Waals surface area contributed by atoms with E-state index in [1.165, 1.54) is 18.2 Å². The Morgan fingerprint density at radius 2 is 2.04 bits per heavy atom. The van der Waals surface area contributed by atoms with Crippen LogP contribution in [0.4, 0.5) is 22.0 Å². The van der Waals surface area contributed by atoms with E-state index in [-0.39, 0.29) is 29.7 Å². The molecule has 0 bridgehead atoms. The van der Waals surface area contributed by atoms with Gasteiger partial charge in [0, 0.05) is 12.1 Å². The number of H-pyrrole nitrogens is 1. The van der Waals surface area contributed by atoms with Gasteiger partial charge in [0.15, 0.2) is 0 Å². The number of nitrogens with one attached hydrogen (secondary N) is 1. The molecule has 1 amide bonds. The molecule has 6 nitrogen and oxygen atoms in total. The number of carbonyl (C=O) groups excluding carboxylic acids is 1. The largest absolute Gasteiger partial charge is 0.406 e. The van der Waals surface area contributed by atoms with E-state index in [0.717, 1.165) is 4.90 Å². The van der Waals surface area contributed by atoms with Crippen molar-refractivity contribution in [2.24, 2.45) is 0 Å². The Bertz CT molecular complexity index is 871. The molecule has 0 unspecified atom stereocenters. The summed E-state index contributed by atoms with van der Waals surface area (Å²) in [7, 11) is 0. The van der Waals surface area contributed by atoms with E-state index in [0.29, 0.717) is 4.57 Å². The third-order valence-electron chi connectivity index (χ3n) is 3.70. The molecule has 0 aliphatic carbocycles. The van der Waals surface area contributed by atoms with E-state index in [4.69, 9.17) is 0 Å². The molecule has 1 aliphatic rings. The number of hydrogen-bond acceptors (Lipinski definition) is 3. The number of nitrogens with zero attached hydrogens (tertiary/aromatic N) is 2. The van der Waals surface area contributed by atoms with Crippen molar-refractivity contribution >= 4 is 16.9 Å². The third-order valence-corrected chi connectivity index (χ3v) is 3.70. The first kappa shape index (κ1) is 17.4. The highest BCUT2D eigenvalue weighted by Crippen LogP contribution is 2.24. The van der Waals surface area contributed by atoms with Gasteiger partial charge in [0.05, 0.1) is 17.6 Å². The highest BCUT2D eigenvalue weighted by molar-refractivity contribution is 5.97. The highest BCUT2D eigenvalue weighted by Gasteiger charge is 2.39. The van der Waals surface area contributed by atoms with E-state index in [1.807, 2.05) is 0 Å². The number of aromatic amines is 1. The first-order chi connectivity index (χ1) is 11.6. The standard InChI is InChI=1S/C14H12F5N3O3/c15-13(16,17)6-22-10-2-1-8(5-9(10)20-12(22)24)11(23)21-3-4-25-14(18,19)7-21/h1-2,5H,3-4,6-7H2,(H,20,24). The molecule has 1 aliphatic heterocycles. The van der Waals surface area contributed by atoms with Gasteiger partial charge in [-0.3, -0.25) is 9.36 Å². The summed E-state index contributed by atoms with van der Waals surface area (Å²) in [5, 5.41) is 0. The van der Waals surface area contributed by atoms with Gasteiger partial charge in [-0.05, 0) is 18.2 Å². The second-order valence-corrected chi connectivity index (χ2v) is 5.58. The average molecular weight is 365 g/mol. The summed E-state index contributed by atoms with van der Waals surface area (Å²) in [5.74, 6) is -0.728. The fourth-order valence-electron chi connectivity index (χ4n) is 2.64. The van der Waals surface area contributed by atoms with Crippen molar-refractivity contribution in [2.75, 3.05) is 19.7 Å². The molecular weight excluding hydrogens is 353 g/mol. The predicted octanol–water partition coefficient (Wildman–Crippen LogP) is 1.96.